The molecule has 3 rings (SSSR count). The number of fused-ring (bicyclic) bond motifs is 1. The van der Waals surface area contributed by atoms with Crippen LogP contribution in [0.3, 0.4) is 0 Å². The fraction of sp³-hybridized carbons (Fsp3) is 0.381. The van der Waals surface area contributed by atoms with E-state index in [1.807, 2.05) is 30.3 Å². The Morgan fingerprint density at radius 3 is 2.35 bits per heavy atom. The second-order valence-corrected chi connectivity index (χ2v) is 7.01. The van der Waals surface area contributed by atoms with E-state index >= 15 is 0 Å². The van der Waals surface area contributed by atoms with Gasteiger partial charge in [0.15, 0.2) is 0 Å². The topological polar surface area (TPSA) is 107 Å². The van der Waals surface area contributed by atoms with Crippen molar-refractivity contribution in [1.29, 1.82) is 15.8 Å². The van der Waals surface area contributed by atoms with Crippen molar-refractivity contribution in [1.82, 2.24) is 0 Å². The molecule has 5 heteroatoms. The summed E-state index contributed by atoms with van der Waals surface area (Å²) in [6, 6.07) is 14.0. The minimum atomic E-state index is -1.54. The van der Waals surface area contributed by atoms with Crippen LogP contribution in [0.4, 0.5) is 0 Å². The summed E-state index contributed by atoms with van der Waals surface area (Å²) >= 11 is 0. The highest BCUT2D eigenvalue weighted by Gasteiger charge is 2.52. The van der Waals surface area contributed by atoms with Gasteiger partial charge in [-0.1, -0.05) is 25.1 Å². The third-order valence-corrected chi connectivity index (χ3v) is 5.57. The molecule has 0 fully saturated rings. The third kappa shape index (κ3) is 2.43. The fourth-order valence-corrected chi connectivity index (χ4v) is 4.22. The molecule has 3 atom stereocenters. The lowest BCUT2D eigenvalue weighted by molar-refractivity contribution is 0.334. The van der Waals surface area contributed by atoms with Gasteiger partial charge in [-0.3, -0.25) is 0 Å². The summed E-state index contributed by atoms with van der Waals surface area (Å²) in [4.78, 5) is 0. The lowest BCUT2D eigenvalue weighted by atomic mass is 9.57. The van der Waals surface area contributed by atoms with E-state index in [1.165, 1.54) is 0 Å². The number of hydrogen-bond acceptors (Lipinski definition) is 5. The molecule has 130 valence electrons. The molecule has 0 unspecified atom stereocenters. The van der Waals surface area contributed by atoms with Gasteiger partial charge in [0.05, 0.1) is 36.6 Å². The largest absolute Gasteiger partial charge is 0.497 e. The van der Waals surface area contributed by atoms with Crippen LogP contribution < -0.4 is 10.5 Å². The Morgan fingerprint density at radius 1 is 1.15 bits per heavy atom. The van der Waals surface area contributed by atoms with Crippen molar-refractivity contribution in [2.75, 3.05) is 7.11 Å². The molecule has 0 saturated carbocycles. The molecule has 0 aliphatic heterocycles. The maximum Gasteiger partial charge on any atom is 0.204 e. The van der Waals surface area contributed by atoms with Gasteiger partial charge in [0.25, 0.3) is 0 Å². The Balaban J connectivity index is 2.26. The van der Waals surface area contributed by atoms with Gasteiger partial charge >= 0.3 is 0 Å². The standard InChI is InChI=1S/C21H20N4O/c1-13-3-8-18-16(9-13)19(14-4-6-15(26-2)7-5-14)17(10-22)20(25)21(18,11-23)12-24/h4-8,13,16,19H,3,9,25H2,1-2H3/t13-,16-,19+/m1/s1. The first-order valence-electron chi connectivity index (χ1n) is 8.59. The van der Waals surface area contributed by atoms with Crippen LogP contribution in [0.1, 0.15) is 31.2 Å². The SMILES string of the molecule is COc1ccc([C@@H]2C(C#N)=C(N)C(C#N)(C#N)C3=CC[C@@H](C)C[C@H]32)cc1. The van der Waals surface area contributed by atoms with Crippen molar-refractivity contribution >= 4 is 0 Å². The summed E-state index contributed by atoms with van der Waals surface area (Å²) in [5, 5.41) is 29.4. The average Bonchev–Trinajstić information content (AvgIpc) is 2.68. The van der Waals surface area contributed by atoms with Crippen LogP contribution in [0, 0.1) is 51.2 Å². The Kier molecular flexibility index (Phi) is 4.45. The summed E-state index contributed by atoms with van der Waals surface area (Å²) in [6.45, 7) is 2.15. The van der Waals surface area contributed by atoms with Crippen LogP contribution in [-0.4, -0.2) is 7.11 Å². The Morgan fingerprint density at radius 2 is 1.81 bits per heavy atom. The zero-order valence-corrected chi connectivity index (χ0v) is 14.9. The van der Waals surface area contributed by atoms with E-state index in [0.717, 1.165) is 29.7 Å². The third-order valence-electron chi connectivity index (χ3n) is 5.57. The van der Waals surface area contributed by atoms with Gasteiger partial charge in [-0.05, 0) is 47.9 Å². The van der Waals surface area contributed by atoms with Gasteiger partial charge in [0.2, 0.25) is 5.41 Å². The first kappa shape index (κ1) is 17.6. The second kappa shape index (κ2) is 6.58. The van der Waals surface area contributed by atoms with Gasteiger partial charge < -0.3 is 10.5 Å². The molecule has 1 aromatic carbocycles. The van der Waals surface area contributed by atoms with E-state index in [4.69, 9.17) is 10.5 Å². The van der Waals surface area contributed by atoms with Gasteiger partial charge in [0, 0.05) is 5.92 Å². The smallest absolute Gasteiger partial charge is 0.204 e. The van der Waals surface area contributed by atoms with Crippen molar-refractivity contribution in [3.05, 3.63) is 52.7 Å². The summed E-state index contributed by atoms with van der Waals surface area (Å²) in [6.07, 6.45) is 3.61. The number of methoxy groups -OCH3 is 1. The van der Waals surface area contributed by atoms with Gasteiger partial charge in [-0.2, -0.15) is 15.8 Å². The van der Waals surface area contributed by atoms with Crippen molar-refractivity contribution < 1.29 is 4.74 Å². The van der Waals surface area contributed by atoms with E-state index in [-0.39, 0.29) is 17.5 Å². The Bertz CT molecular complexity index is 891. The van der Waals surface area contributed by atoms with E-state index in [9.17, 15) is 15.8 Å². The van der Waals surface area contributed by atoms with Crippen LogP contribution in [0.2, 0.25) is 0 Å². The fourth-order valence-electron chi connectivity index (χ4n) is 4.22. The molecule has 0 heterocycles. The Labute approximate surface area is 153 Å². The number of nitrogens with two attached hydrogens (primary N) is 1. The van der Waals surface area contributed by atoms with E-state index in [1.54, 1.807) is 7.11 Å². The lowest BCUT2D eigenvalue weighted by Gasteiger charge is -2.43. The number of allylic oxidation sites excluding steroid dienone is 3. The molecule has 0 saturated heterocycles. The summed E-state index contributed by atoms with van der Waals surface area (Å²) in [5.41, 5.74) is 6.81. The van der Waals surface area contributed by atoms with Crippen LogP contribution in [-0.2, 0) is 0 Å². The molecule has 26 heavy (non-hydrogen) atoms. The number of hydrogen-bond donors (Lipinski definition) is 1. The number of nitrogens with zero attached hydrogens (tertiary/aromatic N) is 3. The number of nitriles is 3. The van der Waals surface area contributed by atoms with E-state index in [0.29, 0.717) is 11.5 Å². The monoisotopic (exact) mass is 344 g/mol. The van der Waals surface area contributed by atoms with Crippen LogP contribution >= 0.6 is 0 Å². The van der Waals surface area contributed by atoms with Crippen LogP contribution in [0.5, 0.6) is 5.75 Å². The molecule has 0 radical (unpaired) electrons. The van der Waals surface area contributed by atoms with E-state index in [2.05, 4.69) is 25.1 Å². The maximum absolute atomic E-state index is 9.82. The summed E-state index contributed by atoms with van der Waals surface area (Å²) in [5.74, 6) is 0.804. The molecule has 0 bridgehead atoms. The predicted octanol–water partition coefficient (Wildman–Crippen LogP) is 3.53. The summed E-state index contributed by atoms with van der Waals surface area (Å²) < 4.78 is 5.22. The van der Waals surface area contributed by atoms with Gasteiger partial charge in [0.1, 0.15) is 5.75 Å². The van der Waals surface area contributed by atoms with Crippen molar-refractivity contribution in [3.63, 3.8) is 0 Å². The highest BCUT2D eigenvalue weighted by Crippen LogP contribution is 2.55. The van der Waals surface area contributed by atoms with Gasteiger partial charge in [-0.15, -0.1) is 0 Å². The predicted molar refractivity (Wildman–Crippen MR) is 96.2 cm³/mol. The summed E-state index contributed by atoms with van der Waals surface area (Å²) in [7, 11) is 1.60. The van der Waals surface area contributed by atoms with Crippen LogP contribution in [0.25, 0.3) is 0 Å². The first-order chi connectivity index (χ1) is 12.5. The Hall–Kier alpha value is -3.23. The lowest BCUT2D eigenvalue weighted by Crippen LogP contribution is -2.41. The van der Waals surface area contributed by atoms with E-state index < -0.39 is 5.41 Å². The minimum Gasteiger partial charge on any atom is -0.497 e. The molecular formula is C21H20N4O. The molecular weight excluding hydrogens is 324 g/mol. The zero-order valence-electron chi connectivity index (χ0n) is 14.9. The second-order valence-electron chi connectivity index (χ2n) is 7.01. The molecule has 0 spiro atoms. The van der Waals surface area contributed by atoms with Crippen molar-refractivity contribution in [2.45, 2.75) is 25.7 Å². The molecule has 2 aliphatic rings. The maximum atomic E-state index is 9.82. The molecule has 0 amide bonds. The molecule has 2 N–H and O–H groups in total. The highest BCUT2D eigenvalue weighted by atomic mass is 16.5. The molecule has 5 nitrogen and oxygen atoms in total. The zero-order chi connectivity index (χ0) is 18.9. The molecule has 0 aromatic heterocycles. The quantitative estimate of drug-likeness (QED) is 0.826. The number of benzene rings is 1. The van der Waals surface area contributed by atoms with Crippen molar-refractivity contribution in [2.24, 2.45) is 23.0 Å². The molecule has 1 aromatic rings. The van der Waals surface area contributed by atoms with Gasteiger partial charge in [-0.25, -0.2) is 0 Å². The highest BCUT2D eigenvalue weighted by molar-refractivity contribution is 5.58. The average molecular weight is 344 g/mol. The first-order valence-corrected chi connectivity index (χ1v) is 8.59. The number of ether oxygens (including phenoxy) is 1. The van der Waals surface area contributed by atoms with Crippen LogP contribution in [0.15, 0.2) is 47.2 Å². The normalized spacial score (nSPS) is 26.6. The number of rotatable bonds is 2. The van der Waals surface area contributed by atoms with Crippen molar-refractivity contribution in [3.8, 4) is 24.0 Å². The minimum absolute atomic E-state index is 0.0721. The molecule has 2 aliphatic carbocycles.